The Kier molecular flexibility index (Phi) is 6.96. The average molecular weight is 366 g/mol. The largest absolute Gasteiger partial charge is 0.460 e. The quantitative estimate of drug-likeness (QED) is 0.305. The molecule has 2 atom stereocenters. The van der Waals surface area contributed by atoms with E-state index in [1.54, 1.807) is 0 Å². The summed E-state index contributed by atoms with van der Waals surface area (Å²) in [5.74, 6) is -0.932. The Morgan fingerprint density at radius 3 is 1.50 bits per heavy atom. The van der Waals surface area contributed by atoms with Gasteiger partial charge in [-0.3, -0.25) is 0 Å². The fraction of sp³-hybridized carbons (Fsp3) is 0.556. The summed E-state index contributed by atoms with van der Waals surface area (Å²) in [7, 11) is 0. The van der Waals surface area contributed by atoms with Gasteiger partial charge in [-0.05, 0) is 24.3 Å². The van der Waals surface area contributed by atoms with Crippen molar-refractivity contribution in [3.05, 3.63) is 35.4 Å². The highest BCUT2D eigenvalue weighted by Crippen LogP contribution is 2.10. The van der Waals surface area contributed by atoms with Crippen molar-refractivity contribution in [1.29, 1.82) is 0 Å². The molecule has 0 saturated carbocycles. The van der Waals surface area contributed by atoms with Crippen LogP contribution in [0.2, 0.25) is 0 Å². The first-order valence-electron chi connectivity index (χ1n) is 8.55. The van der Waals surface area contributed by atoms with Gasteiger partial charge in [0.2, 0.25) is 0 Å². The van der Waals surface area contributed by atoms with Gasteiger partial charge in [-0.25, -0.2) is 9.59 Å². The van der Waals surface area contributed by atoms with Crippen molar-refractivity contribution in [3.63, 3.8) is 0 Å². The van der Waals surface area contributed by atoms with Crippen molar-refractivity contribution in [1.82, 2.24) is 0 Å². The van der Waals surface area contributed by atoms with Crippen molar-refractivity contribution in [2.24, 2.45) is 0 Å². The number of ether oxygens (including phenoxy) is 6. The van der Waals surface area contributed by atoms with E-state index >= 15 is 0 Å². The van der Waals surface area contributed by atoms with E-state index < -0.39 is 11.9 Å². The SMILES string of the molecule is O=C(OCCOCC1CO1)c1ccc(C(=O)OCCOCC2CO2)cc1. The van der Waals surface area contributed by atoms with Crippen LogP contribution in [-0.4, -0.2) is 77.0 Å². The first-order valence-corrected chi connectivity index (χ1v) is 8.55. The molecule has 2 unspecified atom stereocenters. The molecule has 0 spiro atoms. The Bertz CT molecular complexity index is 539. The molecular weight excluding hydrogens is 344 g/mol. The zero-order valence-corrected chi connectivity index (χ0v) is 14.4. The minimum Gasteiger partial charge on any atom is -0.460 e. The molecule has 2 heterocycles. The van der Waals surface area contributed by atoms with Crippen LogP contribution in [0, 0.1) is 0 Å². The van der Waals surface area contributed by atoms with E-state index in [-0.39, 0.29) is 25.4 Å². The van der Waals surface area contributed by atoms with Crippen molar-refractivity contribution in [2.45, 2.75) is 12.2 Å². The Hall–Kier alpha value is -2.00. The van der Waals surface area contributed by atoms with Gasteiger partial charge in [0.25, 0.3) is 0 Å². The minimum absolute atomic E-state index is 0.168. The van der Waals surface area contributed by atoms with Crippen LogP contribution in [0.15, 0.2) is 24.3 Å². The zero-order valence-electron chi connectivity index (χ0n) is 14.4. The third kappa shape index (κ3) is 6.72. The molecular formula is C18H22O8. The summed E-state index contributed by atoms with van der Waals surface area (Å²) >= 11 is 0. The van der Waals surface area contributed by atoms with Crippen LogP contribution in [0.5, 0.6) is 0 Å². The number of carbonyl (C=O) groups excluding carboxylic acids is 2. The molecule has 3 rings (SSSR count). The number of hydrogen-bond donors (Lipinski definition) is 0. The third-order valence-electron chi connectivity index (χ3n) is 3.69. The molecule has 2 aliphatic rings. The van der Waals surface area contributed by atoms with E-state index in [1.807, 2.05) is 0 Å². The molecule has 2 saturated heterocycles. The Morgan fingerprint density at radius 2 is 1.15 bits per heavy atom. The van der Waals surface area contributed by atoms with Gasteiger partial charge in [0.05, 0.1) is 50.8 Å². The lowest BCUT2D eigenvalue weighted by Gasteiger charge is -2.07. The number of hydrogen-bond acceptors (Lipinski definition) is 8. The van der Waals surface area contributed by atoms with E-state index in [0.29, 0.717) is 37.6 Å². The summed E-state index contributed by atoms with van der Waals surface area (Å²) in [6.07, 6.45) is 0.383. The maximum absolute atomic E-state index is 11.9. The van der Waals surface area contributed by atoms with Gasteiger partial charge < -0.3 is 28.4 Å². The van der Waals surface area contributed by atoms with Crippen LogP contribution < -0.4 is 0 Å². The van der Waals surface area contributed by atoms with Gasteiger partial charge in [0.15, 0.2) is 0 Å². The highest BCUT2D eigenvalue weighted by atomic mass is 16.6. The van der Waals surface area contributed by atoms with Gasteiger partial charge >= 0.3 is 11.9 Å². The van der Waals surface area contributed by atoms with Gasteiger partial charge in [-0.2, -0.15) is 0 Å². The molecule has 0 amide bonds. The highest BCUT2D eigenvalue weighted by molar-refractivity contribution is 5.93. The Morgan fingerprint density at radius 1 is 0.769 bits per heavy atom. The van der Waals surface area contributed by atoms with Gasteiger partial charge in [0, 0.05) is 0 Å². The summed E-state index contributed by atoms with van der Waals surface area (Å²) in [6.45, 7) is 3.49. The highest BCUT2D eigenvalue weighted by Gasteiger charge is 2.22. The lowest BCUT2D eigenvalue weighted by molar-refractivity contribution is 0.0286. The van der Waals surface area contributed by atoms with Gasteiger partial charge in [-0.15, -0.1) is 0 Å². The maximum Gasteiger partial charge on any atom is 0.338 e. The second-order valence-electron chi connectivity index (χ2n) is 5.91. The molecule has 2 aliphatic heterocycles. The van der Waals surface area contributed by atoms with Crippen molar-refractivity contribution in [2.75, 3.05) is 52.9 Å². The van der Waals surface area contributed by atoms with E-state index in [0.717, 1.165) is 13.2 Å². The first kappa shape index (κ1) is 18.8. The molecule has 0 aromatic heterocycles. The van der Waals surface area contributed by atoms with Crippen molar-refractivity contribution < 1.29 is 38.0 Å². The van der Waals surface area contributed by atoms with Gasteiger partial charge in [0.1, 0.15) is 25.4 Å². The maximum atomic E-state index is 11.9. The molecule has 0 N–H and O–H groups in total. The fourth-order valence-electron chi connectivity index (χ4n) is 2.05. The summed E-state index contributed by atoms with van der Waals surface area (Å²) in [4.78, 5) is 23.8. The summed E-state index contributed by atoms with van der Waals surface area (Å²) in [5.41, 5.74) is 0.722. The normalized spacial score (nSPS) is 20.5. The summed E-state index contributed by atoms with van der Waals surface area (Å²) in [6, 6.07) is 6.11. The summed E-state index contributed by atoms with van der Waals surface area (Å²) in [5, 5.41) is 0. The lowest BCUT2D eigenvalue weighted by Crippen LogP contribution is -2.14. The van der Waals surface area contributed by atoms with Crippen LogP contribution in [0.3, 0.4) is 0 Å². The van der Waals surface area contributed by atoms with E-state index in [4.69, 9.17) is 28.4 Å². The van der Waals surface area contributed by atoms with Crippen molar-refractivity contribution >= 4 is 11.9 Å². The standard InChI is InChI=1S/C18H22O8/c19-17(23-7-5-21-9-15-11-25-15)13-1-2-14(4-3-13)18(20)24-8-6-22-10-16-12-26-16/h1-4,15-16H,5-12H2. The van der Waals surface area contributed by atoms with Crippen LogP contribution in [0.1, 0.15) is 20.7 Å². The molecule has 0 radical (unpaired) electrons. The number of rotatable bonds is 12. The zero-order chi connectivity index (χ0) is 18.2. The molecule has 142 valence electrons. The number of benzene rings is 1. The second kappa shape index (κ2) is 9.63. The molecule has 1 aromatic carbocycles. The lowest BCUT2D eigenvalue weighted by atomic mass is 10.1. The Balaban J connectivity index is 1.30. The third-order valence-corrected chi connectivity index (χ3v) is 3.69. The van der Waals surface area contributed by atoms with Crippen molar-refractivity contribution in [3.8, 4) is 0 Å². The molecule has 2 fully saturated rings. The van der Waals surface area contributed by atoms with Crippen LogP contribution in [0.4, 0.5) is 0 Å². The number of carbonyl (C=O) groups is 2. The summed E-state index contributed by atoms with van der Waals surface area (Å²) < 4.78 is 30.8. The Labute approximate surface area is 151 Å². The fourth-order valence-corrected chi connectivity index (χ4v) is 2.05. The molecule has 8 heteroatoms. The molecule has 0 bridgehead atoms. The first-order chi connectivity index (χ1) is 12.7. The topological polar surface area (TPSA) is 96.1 Å². The smallest absolute Gasteiger partial charge is 0.338 e. The molecule has 26 heavy (non-hydrogen) atoms. The molecule has 1 aromatic rings. The van der Waals surface area contributed by atoms with E-state index in [1.165, 1.54) is 24.3 Å². The average Bonchev–Trinajstić information content (AvgIpc) is 3.56. The molecule has 8 nitrogen and oxygen atoms in total. The monoisotopic (exact) mass is 366 g/mol. The molecule has 0 aliphatic carbocycles. The van der Waals surface area contributed by atoms with Crippen LogP contribution in [0.25, 0.3) is 0 Å². The van der Waals surface area contributed by atoms with E-state index in [2.05, 4.69) is 0 Å². The van der Waals surface area contributed by atoms with Crippen LogP contribution in [-0.2, 0) is 28.4 Å². The number of esters is 2. The van der Waals surface area contributed by atoms with Gasteiger partial charge in [-0.1, -0.05) is 0 Å². The second-order valence-corrected chi connectivity index (χ2v) is 5.91. The minimum atomic E-state index is -0.466. The predicted octanol–water partition coefficient (Wildman–Crippen LogP) is 0.831. The number of epoxide rings is 2. The predicted molar refractivity (Wildman–Crippen MR) is 88.1 cm³/mol. The van der Waals surface area contributed by atoms with E-state index in [9.17, 15) is 9.59 Å². The van der Waals surface area contributed by atoms with Crippen LogP contribution >= 0.6 is 0 Å².